The van der Waals surface area contributed by atoms with E-state index in [4.69, 9.17) is 0 Å². The third kappa shape index (κ3) is 4.87. The molecule has 1 aliphatic rings. The predicted octanol–water partition coefficient (Wildman–Crippen LogP) is 4.27. The Morgan fingerprint density at radius 2 is 2.00 bits per heavy atom. The molecule has 5 nitrogen and oxygen atoms in total. The summed E-state index contributed by atoms with van der Waals surface area (Å²) in [7, 11) is 0. The molecule has 1 heterocycles. The quantitative estimate of drug-likeness (QED) is 0.752. The number of benzene rings is 2. The molecule has 2 aromatic carbocycles. The zero-order chi connectivity index (χ0) is 20.8. The highest BCUT2D eigenvalue weighted by Crippen LogP contribution is 2.35. The number of aryl methyl sites for hydroxylation is 2. The molecule has 1 atom stereocenters. The van der Waals surface area contributed by atoms with Gasteiger partial charge in [-0.2, -0.15) is 5.26 Å². The molecule has 0 aliphatic carbocycles. The van der Waals surface area contributed by atoms with Gasteiger partial charge >= 0.3 is 0 Å². The molecular weight excluding hydrogens is 382 g/mol. The first-order valence-electron chi connectivity index (χ1n) is 9.53. The van der Waals surface area contributed by atoms with E-state index in [1.165, 1.54) is 11.8 Å². The molecule has 0 fully saturated rings. The van der Waals surface area contributed by atoms with Gasteiger partial charge in [0.25, 0.3) is 0 Å². The Hall–Kier alpha value is -3.04. The van der Waals surface area contributed by atoms with E-state index in [-0.39, 0.29) is 29.9 Å². The summed E-state index contributed by atoms with van der Waals surface area (Å²) in [5.41, 5.74) is 4.35. The van der Waals surface area contributed by atoms with E-state index < -0.39 is 0 Å². The molecule has 0 saturated carbocycles. The molecule has 0 unspecified atom stereocenters. The number of allylic oxidation sites excluding steroid dienone is 1. The van der Waals surface area contributed by atoms with Crippen LogP contribution in [0.15, 0.2) is 59.1 Å². The number of carbonyl (C=O) groups is 2. The van der Waals surface area contributed by atoms with E-state index in [9.17, 15) is 14.9 Å². The Balaban J connectivity index is 1.76. The average molecular weight is 406 g/mol. The number of hydrogen-bond acceptors (Lipinski definition) is 4. The second-order valence-corrected chi connectivity index (χ2v) is 7.86. The number of para-hydroxylation sites is 1. The van der Waals surface area contributed by atoms with Gasteiger partial charge in [-0.15, -0.1) is 0 Å². The van der Waals surface area contributed by atoms with Gasteiger partial charge in [-0.3, -0.25) is 9.59 Å². The van der Waals surface area contributed by atoms with Crippen LogP contribution in [-0.2, 0) is 16.0 Å². The van der Waals surface area contributed by atoms with E-state index in [1.54, 1.807) is 0 Å². The standard InChI is InChI=1S/C23H23N3O2S/c1-3-16-11-7-8-15(2)22(16)25-21(28)14-29-23-19(13-24)18(12-20(27)26-23)17-9-5-4-6-10-17/h4-11,18H,3,12,14H2,1-2H3,(H,25,28)(H,26,27)/t18-/m0/s1. The maximum absolute atomic E-state index is 12.6. The average Bonchev–Trinajstić information content (AvgIpc) is 2.73. The summed E-state index contributed by atoms with van der Waals surface area (Å²) in [5.74, 6) is -0.490. The van der Waals surface area contributed by atoms with Gasteiger partial charge in [0.15, 0.2) is 0 Å². The van der Waals surface area contributed by atoms with Crippen molar-refractivity contribution in [2.24, 2.45) is 0 Å². The molecule has 0 saturated heterocycles. The van der Waals surface area contributed by atoms with Crippen LogP contribution in [0.2, 0.25) is 0 Å². The lowest BCUT2D eigenvalue weighted by atomic mass is 9.87. The molecule has 1 aliphatic heterocycles. The summed E-state index contributed by atoms with van der Waals surface area (Å²) in [6, 6.07) is 17.7. The van der Waals surface area contributed by atoms with Crippen molar-refractivity contribution >= 4 is 29.3 Å². The Morgan fingerprint density at radius 3 is 2.69 bits per heavy atom. The summed E-state index contributed by atoms with van der Waals surface area (Å²) >= 11 is 1.19. The molecule has 0 spiro atoms. The van der Waals surface area contributed by atoms with E-state index in [2.05, 4.69) is 16.7 Å². The highest BCUT2D eigenvalue weighted by molar-refractivity contribution is 8.03. The van der Waals surface area contributed by atoms with Gasteiger partial charge in [0, 0.05) is 18.0 Å². The number of rotatable bonds is 6. The fourth-order valence-corrected chi connectivity index (χ4v) is 4.30. The lowest BCUT2D eigenvalue weighted by Gasteiger charge is -2.25. The molecule has 2 amide bonds. The lowest BCUT2D eigenvalue weighted by Crippen LogP contribution is -2.31. The van der Waals surface area contributed by atoms with E-state index in [1.807, 2.05) is 62.4 Å². The first-order chi connectivity index (χ1) is 14.0. The van der Waals surface area contributed by atoms with Gasteiger partial charge in [-0.1, -0.05) is 67.2 Å². The molecule has 0 radical (unpaired) electrons. The highest BCUT2D eigenvalue weighted by atomic mass is 32.2. The number of carbonyl (C=O) groups excluding carboxylic acids is 2. The van der Waals surface area contributed by atoms with E-state index in [0.717, 1.165) is 28.8 Å². The Bertz CT molecular complexity index is 993. The van der Waals surface area contributed by atoms with Crippen molar-refractivity contribution in [3.8, 4) is 6.07 Å². The monoisotopic (exact) mass is 405 g/mol. The van der Waals surface area contributed by atoms with Crippen LogP contribution in [0.25, 0.3) is 0 Å². The smallest absolute Gasteiger partial charge is 0.234 e. The SMILES string of the molecule is CCc1cccc(C)c1NC(=O)CSC1=C(C#N)[C@H](c2ccccc2)CC(=O)N1. The van der Waals surface area contributed by atoms with Crippen molar-refractivity contribution in [2.75, 3.05) is 11.1 Å². The molecule has 0 bridgehead atoms. The highest BCUT2D eigenvalue weighted by Gasteiger charge is 2.29. The minimum atomic E-state index is -0.288. The maximum Gasteiger partial charge on any atom is 0.234 e. The van der Waals surface area contributed by atoms with Gasteiger partial charge in [0.2, 0.25) is 11.8 Å². The molecule has 29 heavy (non-hydrogen) atoms. The maximum atomic E-state index is 12.6. The summed E-state index contributed by atoms with van der Waals surface area (Å²) in [6.07, 6.45) is 1.05. The van der Waals surface area contributed by atoms with Crippen LogP contribution >= 0.6 is 11.8 Å². The molecule has 2 N–H and O–H groups in total. The second kappa shape index (κ2) is 9.44. The number of anilines is 1. The number of nitrogens with one attached hydrogen (secondary N) is 2. The second-order valence-electron chi connectivity index (χ2n) is 6.87. The van der Waals surface area contributed by atoms with Crippen molar-refractivity contribution in [3.63, 3.8) is 0 Å². The van der Waals surface area contributed by atoms with Crippen LogP contribution in [0.3, 0.4) is 0 Å². The summed E-state index contributed by atoms with van der Waals surface area (Å²) < 4.78 is 0. The number of thioether (sulfide) groups is 1. The first kappa shape index (κ1) is 20.7. The topological polar surface area (TPSA) is 82.0 Å². The van der Waals surface area contributed by atoms with Crippen molar-refractivity contribution in [3.05, 3.63) is 75.8 Å². The number of nitrogens with zero attached hydrogens (tertiary/aromatic N) is 1. The van der Waals surface area contributed by atoms with Crippen molar-refractivity contribution in [1.82, 2.24) is 5.32 Å². The zero-order valence-electron chi connectivity index (χ0n) is 16.5. The molecular formula is C23H23N3O2S. The van der Waals surface area contributed by atoms with Gasteiger partial charge in [-0.25, -0.2) is 0 Å². The van der Waals surface area contributed by atoms with Crippen LogP contribution in [0.1, 0.15) is 36.0 Å². The molecule has 148 valence electrons. The molecule has 3 rings (SSSR count). The molecule has 6 heteroatoms. The van der Waals surface area contributed by atoms with Crippen LogP contribution in [0, 0.1) is 18.3 Å². The van der Waals surface area contributed by atoms with Crippen LogP contribution < -0.4 is 10.6 Å². The van der Waals surface area contributed by atoms with E-state index in [0.29, 0.717) is 10.6 Å². The summed E-state index contributed by atoms with van der Waals surface area (Å²) in [5, 5.41) is 15.9. The van der Waals surface area contributed by atoms with E-state index >= 15 is 0 Å². The normalized spacial score (nSPS) is 16.2. The summed E-state index contributed by atoms with van der Waals surface area (Å²) in [6.45, 7) is 4.01. The fourth-order valence-electron chi connectivity index (χ4n) is 3.42. The molecule has 0 aromatic heterocycles. The van der Waals surface area contributed by atoms with Crippen LogP contribution in [-0.4, -0.2) is 17.6 Å². The van der Waals surface area contributed by atoms with Crippen molar-refractivity contribution in [1.29, 1.82) is 5.26 Å². The minimum absolute atomic E-state index is 0.111. The number of amides is 2. The van der Waals surface area contributed by atoms with Crippen LogP contribution in [0.4, 0.5) is 5.69 Å². The van der Waals surface area contributed by atoms with Crippen LogP contribution in [0.5, 0.6) is 0 Å². The Kier molecular flexibility index (Phi) is 6.73. The van der Waals surface area contributed by atoms with Gasteiger partial charge in [-0.05, 0) is 30.0 Å². The lowest BCUT2D eigenvalue weighted by molar-refractivity contribution is -0.121. The van der Waals surface area contributed by atoms with Gasteiger partial charge < -0.3 is 10.6 Å². The Labute approximate surface area is 175 Å². The zero-order valence-corrected chi connectivity index (χ0v) is 17.3. The largest absolute Gasteiger partial charge is 0.325 e. The predicted molar refractivity (Wildman–Crippen MR) is 116 cm³/mol. The number of nitriles is 1. The Morgan fingerprint density at radius 1 is 1.24 bits per heavy atom. The van der Waals surface area contributed by atoms with Gasteiger partial charge in [0.1, 0.15) is 0 Å². The van der Waals surface area contributed by atoms with Crippen molar-refractivity contribution in [2.45, 2.75) is 32.6 Å². The number of hydrogen-bond donors (Lipinski definition) is 2. The third-order valence-electron chi connectivity index (χ3n) is 4.91. The fraction of sp³-hybridized carbons (Fsp3) is 0.261. The minimum Gasteiger partial charge on any atom is -0.325 e. The third-order valence-corrected chi connectivity index (χ3v) is 5.93. The molecule has 2 aromatic rings. The first-order valence-corrected chi connectivity index (χ1v) is 10.5. The van der Waals surface area contributed by atoms with Crippen molar-refractivity contribution < 1.29 is 9.59 Å². The summed E-state index contributed by atoms with van der Waals surface area (Å²) in [4.78, 5) is 24.8. The van der Waals surface area contributed by atoms with Gasteiger partial charge in [0.05, 0.1) is 22.4 Å².